The molecule has 2 aliphatic rings. The Labute approximate surface area is 310 Å². The van der Waals surface area contributed by atoms with Gasteiger partial charge in [0.05, 0.1) is 6.42 Å². The number of hydrogen-bond acceptors (Lipinski definition) is 8. The van der Waals surface area contributed by atoms with E-state index in [-0.39, 0.29) is 43.1 Å². The lowest BCUT2D eigenvalue weighted by atomic mass is 9.90. The van der Waals surface area contributed by atoms with Crippen molar-refractivity contribution in [2.24, 2.45) is 5.92 Å². The summed E-state index contributed by atoms with van der Waals surface area (Å²) in [5.41, 5.74) is 1.18. The number of hydrogen-bond donors (Lipinski definition) is 5. The van der Waals surface area contributed by atoms with Gasteiger partial charge in [-0.25, -0.2) is 13.6 Å². The monoisotopic (exact) mass is 748 g/mol. The molecule has 1 saturated heterocycles. The number of carbonyl (C=O) groups excluding carboxylic acids is 6. The zero-order valence-electron chi connectivity index (χ0n) is 29.8. The minimum atomic E-state index is -1.44. The first kappa shape index (κ1) is 39.3. The van der Waals surface area contributed by atoms with Crippen molar-refractivity contribution in [3.63, 3.8) is 0 Å². The van der Waals surface area contributed by atoms with Crippen molar-refractivity contribution >= 4 is 47.0 Å². The number of anilines is 2. The second-order valence-electron chi connectivity index (χ2n) is 12.9. The van der Waals surface area contributed by atoms with E-state index >= 15 is 0 Å². The molecule has 14 nitrogen and oxygen atoms in total. The Kier molecular flexibility index (Phi) is 13.3. The number of alkyl carbamates (subject to hydrolysis) is 1. The van der Waals surface area contributed by atoms with Crippen molar-refractivity contribution in [3.8, 4) is 0 Å². The highest BCUT2D eigenvalue weighted by Crippen LogP contribution is 2.38. The van der Waals surface area contributed by atoms with E-state index in [1.165, 1.54) is 24.9 Å². The van der Waals surface area contributed by atoms with Gasteiger partial charge < -0.3 is 41.0 Å². The average molecular weight is 749 g/mol. The molecule has 16 heteroatoms. The van der Waals surface area contributed by atoms with Crippen LogP contribution in [-0.2, 0) is 46.4 Å². The van der Waals surface area contributed by atoms with Crippen LogP contribution in [0.2, 0.25) is 0 Å². The molecular formula is C38H42F2N6O8. The van der Waals surface area contributed by atoms with Crippen LogP contribution in [-0.4, -0.2) is 79.5 Å². The molecule has 286 valence electrons. The quantitative estimate of drug-likeness (QED) is 0.176. The van der Waals surface area contributed by atoms with Crippen molar-refractivity contribution in [1.82, 2.24) is 20.9 Å². The van der Waals surface area contributed by atoms with Gasteiger partial charge in [0.2, 0.25) is 17.7 Å². The van der Waals surface area contributed by atoms with Gasteiger partial charge in [-0.1, -0.05) is 42.5 Å². The summed E-state index contributed by atoms with van der Waals surface area (Å²) in [4.78, 5) is 80.0. The molecular weight excluding hydrogens is 706 g/mol. The molecule has 0 radical (unpaired) electrons. The molecule has 0 saturated carbocycles. The van der Waals surface area contributed by atoms with E-state index in [2.05, 4.69) is 26.6 Å². The van der Waals surface area contributed by atoms with E-state index in [0.29, 0.717) is 31.6 Å². The van der Waals surface area contributed by atoms with Crippen molar-refractivity contribution in [3.05, 3.63) is 95.1 Å². The predicted octanol–water partition coefficient (Wildman–Crippen LogP) is 3.33. The Morgan fingerprint density at radius 3 is 2.30 bits per heavy atom. The van der Waals surface area contributed by atoms with Crippen LogP contribution in [0.4, 0.5) is 25.0 Å². The number of fused-ring (bicyclic) bond motifs is 1. The molecule has 5 N–H and O–H groups in total. The third kappa shape index (κ3) is 9.95. The number of benzene rings is 3. The molecule has 0 aliphatic carbocycles. The second-order valence-corrected chi connectivity index (χ2v) is 12.9. The highest BCUT2D eigenvalue weighted by atomic mass is 19.1. The van der Waals surface area contributed by atoms with E-state index < -0.39 is 71.1 Å². The fraction of sp³-hybridized carbons (Fsp3) is 0.368. The summed E-state index contributed by atoms with van der Waals surface area (Å²) in [6, 6.07) is 14.3. The molecule has 3 aromatic rings. The van der Waals surface area contributed by atoms with Crippen molar-refractivity contribution in [1.29, 1.82) is 0 Å². The van der Waals surface area contributed by atoms with Crippen molar-refractivity contribution in [2.45, 2.75) is 57.3 Å². The zero-order valence-corrected chi connectivity index (χ0v) is 29.8. The summed E-state index contributed by atoms with van der Waals surface area (Å²) >= 11 is 0. The highest BCUT2D eigenvalue weighted by molar-refractivity contribution is 6.01. The van der Waals surface area contributed by atoms with Gasteiger partial charge in [-0.05, 0) is 66.6 Å². The highest BCUT2D eigenvalue weighted by Gasteiger charge is 2.44. The molecule has 0 spiro atoms. The molecule has 3 atom stereocenters. The number of nitrogens with one attached hydrogen (secondary N) is 5. The van der Waals surface area contributed by atoms with Crippen LogP contribution < -0.4 is 26.6 Å². The summed E-state index contributed by atoms with van der Waals surface area (Å²) in [5.74, 6) is -5.54. The number of amides is 6. The molecule has 0 bridgehead atoms. The van der Waals surface area contributed by atoms with Crippen molar-refractivity contribution < 1.29 is 47.0 Å². The van der Waals surface area contributed by atoms with Crippen LogP contribution >= 0.6 is 0 Å². The molecule has 2 heterocycles. The maximum atomic E-state index is 14.7. The Morgan fingerprint density at radius 1 is 0.907 bits per heavy atom. The molecule has 1 fully saturated rings. The first-order valence-corrected chi connectivity index (χ1v) is 17.5. The zero-order chi connectivity index (χ0) is 38.8. The van der Waals surface area contributed by atoms with E-state index in [0.717, 1.165) is 23.8 Å². The molecule has 5 rings (SSSR count). The summed E-state index contributed by atoms with van der Waals surface area (Å²) in [6.45, 7) is 1.91. The number of rotatable bonds is 13. The van der Waals surface area contributed by atoms with E-state index in [4.69, 9.17) is 9.47 Å². The number of carbonyl (C=O) groups is 6. The van der Waals surface area contributed by atoms with E-state index in [1.807, 2.05) is 30.3 Å². The average Bonchev–Trinajstić information content (AvgIpc) is 3.54. The Balaban J connectivity index is 1.37. The van der Waals surface area contributed by atoms with Gasteiger partial charge in [-0.15, -0.1) is 0 Å². The number of para-hydroxylation sites is 1. The maximum Gasteiger partial charge on any atom is 0.407 e. The lowest BCUT2D eigenvalue weighted by molar-refractivity contribution is -0.145. The molecule has 0 unspecified atom stereocenters. The summed E-state index contributed by atoms with van der Waals surface area (Å²) < 4.78 is 40.0. The summed E-state index contributed by atoms with van der Waals surface area (Å²) in [7, 11) is 1.33. The third-order valence-corrected chi connectivity index (χ3v) is 9.16. The fourth-order valence-electron chi connectivity index (χ4n) is 6.35. The Morgan fingerprint density at radius 2 is 1.61 bits per heavy atom. The van der Waals surface area contributed by atoms with Gasteiger partial charge in [0.1, 0.15) is 29.4 Å². The number of nitrogens with zero attached hydrogens (tertiary/aromatic N) is 1. The topological polar surface area (TPSA) is 184 Å². The van der Waals surface area contributed by atoms with Gasteiger partial charge in [0, 0.05) is 45.5 Å². The van der Waals surface area contributed by atoms with Crippen LogP contribution in [0.25, 0.3) is 0 Å². The van der Waals surface area contributed by atoms with Gasteiger partial charge in [0.15, 0.2) is 6.10 Å². The molecule has 6 amide bonds. The van der Waals surface area contributed by atoms with Crippen LogP contribution in [0.1, 0.15) is 48.9 Å². The van der Waals surface area contributed by atoms with Gasteiger partial charge in [-0.2, -0.15) is 0 Å². The van der Waals surface area contributed by atoms with Crippen LogP contribution in [0, 0.1) is 17.6 Å². The third-order valence-electron chi connectivity index (χ3n) is 9.16. The smallest absolute Gasteiger partial charge is 0.407 e. The minimum absolute atomic E-state index is 0.0623. The van der Waals surface area contributed by atoms with Crippen molar-refractivity contribution in [2.75, 3.05) is 37.4 Å². The first-order chi connectivity index (χ1) is 25.9. The Bertz CT molecular complexity index is 1850. The largest absolute Gasteiger partial charge is 0.436 e. The van der Waals surface area contributed by atoms with Crippen LogP contribution in [0.3, 0.4) is 0 Å². The Hall–Kier alpha value is -5.90. The lowest BCUT2D eigenvalue weighted by Crippen LogP contribution is -2.55. The fourth-order valence-corrected chi connectivity index (χ4v) is 6.35. The summed E-state index contributed by atoms with van der Waals surface area (Å²) in [5, 5.41) is 12.7. The van der Waals surface area contributed by atoms with Crippen LogP contribution in [0.15, 0.2) is 66.7 Å². The van der Waals surface area contributed by atoms with Crippen LogP contribution in [0.5, 0.6) is 0 Å². The normalized spacial score (nSPS) is 16.3. The lowest BCUT2D eigenvalue weighted by Gasteiger charge is -2.35. The molecule has 2 aliphatic heterocycles. The summed E-state index contributed by atoms with van der Waals surface area (Å²) in [6.07, 6.45) is -1.25. The van der Waals surface area contributed by atoms with E-state index in [9.17, 15) is 37.5 Å². The molecule has 0 aromatic heterocycles. The molecule has 54 heavy (non-hydrogen) atoms. The van der Waals surface area contributed by atoms with Gasteiger partial charge in [0.25, 0.3) is 11.8 Å². The van der Waals surface area contributed by atoms with E-state index in [1.54, 1.807) is 12.1 Å². The molecule has 3 aromatic carbocycles. The standard InChI is InChI=1S/C38H42F2N6O8/c1-22(54-38(52)41-2)35(49)44-32(24-14-17-53-18-15-24)37(51)46-21-25-11-12-26(43-30(47)13-16-42-31(48)19-23-7-4-3-5-8-23)20-27(25)34(46)36(50)45-33-28(39)9-6-10-29(33)40/h3-12,20,22,24,32,34H,13-19,21H2,1-2H3,(H,41,52)(H,42,48)(H,43,47)(H,44,49)(H,45,50)/t22-,32-,34-/m0/s1. The number of ether oxygens (including phenoxy) is 2. The maximum absolute atomic E-state index is 14.7. The predicted molar refractivity (Wildman–Crippen MR) is 192 cm³/mol. The first-order valence-electron chi connectivity index (χ1n) is 17.5. The van der Waals surface area contributed by atoms with Gasteiger partial charge >= 0.3 is 6.09 Å². The number of halogens is 2. The minimum Gasteiger partial charge on any atom is -0.436 e. The second kappa shape index (κ2) is 18.2. The van der Waals surface area contributed by atoms with Gasteiger partial charge in [-0.3, -0.25) is 24.0 Å². The SMILES string of the molecule is CNC(=O)O[C@@H](C)C(=O)N[C@H](C(=O)N1Cc2ccc(NC(=O)CCNC(=O)Cc3ccccc3)cc2[C@H]1C(=O)Nc1c(F)cccc1F)C1CCOCC1.